The molecule has 6 nitrogen and oxygen atoms in total. The van der Waals surface area contributed by atoms with Crippen LogP contribution in [0.4, 0.5) is 0 Å². The van der Waals surface area contributed by atoms with E-state index in [1.165, 1.54) is 77.0 Å². The normalized spacial score (nSPS) is 13.0. The zero-order chi connectivity index (χ0) is 23.9. The molecular formula is C26H52N2O4. The van der Waals surface area contributed by atoms with Crippen molar-refractivity contribution >= 4 is 11.8 Å². The Morgan fingerprint density at radius 2 is 0.750 bits per heavy atom. The summed E-state index contributed by atoms with van der Waals surface area (Å²) < 4.78 is 0. The number of amides is 2. The Kier molecular flexibility index (Phi) is 22.2. The number of rotatable bonds is 23. The molecule has 2 amide bonds. The summed E-state index contributed by atoms with van der Waals surface area (Å²) in [4.78, 5) is 23.9. The molecule has 0 aliphatic rings. The Balaban J connectivity index is 3.65. The van der Waals surface area contributed by atoms with Gasteiger partial charge in [0.1, 0.15) is 0 Å². The van der Waals surface area contributed by atoms with Gasteiger partial charge in [-0.05, 0) is 12.8 Å². The zero-order valence-electron chi connectivity index (χ0n) is 21.0. The van der Waals surface area contributed by atoms with Crippen LogP contribution in [0.3, 0.4) is 0 Å². The lowest BCUT2D eigenvalue weighted by atomic mass is 10.1. The average molecular weight is 457 g/mol. The molecule has 0 radical (unpaired) electrons. The van der Waals surface area contributed by atoms with Crippen LogP contribution < -0.4 is 10.6 Å². The van der Waals surface area contributed by atoms with E-state index in [1.54, 1.807) is 0 Å². The Bertz CT molecular complexity index is 446. The summed E-state index contributed by atoms with van der Waals surface area (Å²) in [6, 6.07) is 0. The van der Waals surface area contributed by atoms with Crippen LogP contribution in [0.25, 0.3) is 0 Å². The molecule has 0 rings (SSSR count). The highest BCUT2D eigenvalue weighted by Gasteiger charge is 2.29. The van der Waals surface area contributed by atoms with E-state index < -0.39 is 24.0 Å². The Morgan fingerprint density at radius 1 is 0.500 bits per heavy atom. The predicted molar refractivity (Wildman–Crippen MR) is 132 cm³/mol. The highest BCUT2D eigenvalue weighted by Crippen LogP contribution is 2.10. The summed E-state index contributed by atoms with van der Waals surface area (Å²) in [5.41, 5.74) is 0. The maximum absolute atomic E-state index is 12.0. The minimum atomic E-state index is -1.73. The molecular weight excluding hydrogens is 404 g/mol. The molecule has 0 aliphatic heterocycles. The van der Waals surface area contributed by atoms with Gasteiger partial charge in [0, 0.05) is 13.1 Å². The number of hydrogen-bond acceptors (Lipinski definition) is 4. The van der Waals surface area contributed by atoms with Crippen molar-refractivity contribution in [1.29, 1.82) is 0 Å². The molecule has 0 saturated heterocycles. The van der Waals surface area contributed by atoms with Crippen molar-refractivity contribution < 1.29 is 19.8 Å². The molecule has 0 aromatic carbocycles. The van der Waals surface area contributed by atoms with Gasteiger partial charge in [0.25, 0.3) is 11.8 Å². The van der Waals surface area contributed by atoms with Crippen molar-refractivity contribution in [2.24, 2.45) is 0 Å². The summed E-state index contributed by atoms with van der Waals surface area (Å²) >= 11 is 0. The molecule has 32 heavy (non-hydrogen) atoms. The maximum Gasteiger partial charge on any atom is 0.252 e. The first kappa shape index (κ1) is 30.9. The van der Waals surface area contributed by atoms with Gasteiger partial charge < -0.3 is 20.8 Å². The molecule has 0 bridgehead atoms. The minimum absolute atomic E-state index is 0.456. The number of unbranched alkanes of at least 4 members (excludes halogenated alkanes) is 16. The van der Waals surface area contributed by atoms with Crippen molar-refractivity contribution in [2.45, 2.75) is 142 Å². The number of aliphatic hydroxyl groups excluding tert-OH is 2. The van der Waals surface area contributed by atoms with E-state index >= 15 is 0 Å². The summed E-state index contributed by atoms with van der Waals surface area (Å²) in [6.45, 7) is 5.35. The van der Waals surface area contributed by atoms with Crippen LogP contribution in [0.5, 0.6) is 0 Å². The van der Waals surface area contributed by atoms with Gasteiger partial charge in [0.15, 0.2) is 12.2 Å². The average Bonchev–Trinajstić information content (AvgIpc) is 2.80. The fourth-order valence-corrected chi connectivity index (χ4v) is 3.79. The molecule has 190 valence electrons. The zero-order valence-corrected chi connectivity index (χ0v) is 21.0. The van der Waals surface area contributed by atoms with E-state index in [0.717, 1.165) is 38.5 Å². The molecule has 0 aromatic rings. The second kappa shape index (κ2) is 23.0. The van der Waals surface area contributed by atoms with Crippen LogP contribution >= 0.6 is 0 Å². The molecule has 0 saturated carbocycles. The largest absolute Gasteiger partial charge is 0.380 e. The van der Waals surface area contributed by atoms with Gasteiger partial charge in [-0.2, -0.15) is 0 Å². The quantitative estimate of drug-likeness (QED) is 0.163. The summed E-state index contributed by atoms with van der Waals surface area (Å²) in [5, 5.41) is 25.1. The molecule has 0 heterocycles. The van der Waals surface area contributed by atoms with Crippen LogP contribution in [0.1, 0.15) is 129 Å². The highest BCUT2D eigenvalue weighted by atomic mass is 16.3. The topological polar surface area (TPSA) is 98.7 Å². The third-order valence-corrected chi connectivity index (χ3v) is 6.00. The van der Waals surface area contributed by atoms with E-state index in [4.69, 9.17) is 0 Å². The fraction of sp³-hybridized carbons (Fsp3) is 0.923. The number of hydrogen-bond donors (Lipinski definition) is 4. The Hall–Kier alpha value is -1.14. The van der Waals surface area contributed by atoms with Crippen molar-refractivity contribution in [3.63, 3.8) is 0 Å². The molecule has 0 aromatic heterocycles. The smallest absolute Gasteiger partial charge is 0.252 e. The van der Waals surface area contributed by atoms with E-state index in [2.05, 4.69) is 24.5 Å². The lowest BCUT2D eigenvalue weighted by Gasteiger charge is -2.17. The summed E-state index contributed by atoms with van der Waals surface area (Å²) in [5.74, 6) is -1.37. The molecule has 0 spiro atoms. The van der Waals surface area contributed by atoms with E-state index in [0.29, 0.717) is 13.1 Å². The number of aliphatic hydroxyl groups is 2. The maximum atomic E-state index is 12.0. The van der Waals surface area contributed by atoms with Crippen LogP contribution in [-0.4, -0.2) is 47.3 Å². The predicted octanol–water partition coefficient (Wildman–Crippen LogP) is 5.00. The van der Waals surface area contributed by atoms with Gasteiger partial charge in [0.2, 0.25) is 0 Å². The lowest BCUT2D eigenvalue weighted by Crippen LogP contribution is -2.49. The molecule has 2 unspecified atom stereocenters. The monoisotopic (exact) mass is 456 g/mol. The first-order chi connectivity index (χ1) is 15.5. The summed E-state index contributed by atoms with van der Waals surface area (Å²) in [7, 11) is 0. The second-order valence-corrected chi connectivity index (χ2v) is 9.13. The van der Waals surface area contributed by atoms with Gasteiger partial charge in [-0.15, -0.1) is 0 Å². The SMILES string of the molecule is CCCCCCCCCCCCNC(=O)C(O)C(O)C(=O)NCCCCCCCCCC. The molecule has 0 aliphatic carbocycles. The minimum Gasteiger partial charge on any atom is -0.380 e. The lowest BCUT2D eigenvalue weighted by molar-refractivity contribution is -0.146. The Morgan fingerprint density at radius 3 is 1.03 bits per heavy atom. The van der Waals surface area contributed by atoms with E-state index in [1.807, 2.05) is 0 Å². The van der Waals surface area contributed by atoms with E-state index in [9.17, 15) is 19.8 Å². The van der Waals surface area contributed by atoms with Gasteiger partial charge in [-0.25, -0.2) is 0 Å². The van der Waals surface area contributed by atoms with Gasteiger partial charge >= 0.3 is 0 Å². The number of carbonyl (C=O) groups is 2. The van der Waals surface area contributed by atoms with Crippen LogP contribution in [0.2, 0.25) is 0 Å². The fourth-order valence-electron chi connectivity index (χ4n) is 3.79. The highest BCUT2D eigenvalue weighted by molar-refractivity contribution is 5.90. The van der Waals surface area contributed by atoms with Crippen molar-refractivity contribution in [3.05, 3.63) is 0 Å². The second-order valence-electron chi connectivity index (χ2n) is 9.13. The van der Waals surface area contributed by atoms with E-state index in [-0.39, 0.29) is 0 Å². The van der Waals surface area contributed by atoms with Crippen LogP contribution in [0, 0.1) is 0 Å². The van der Waals surface area contributed by atoms with Crippen LogP contribution in [0.15, 0.2) is 0 Å². The van der Waals surface area contributed by atoms with Crippen molar-refractivity contribution in [2.75, 3.05) is 13.1 Å². The first-order valence-electron chi connectivity index (χ1n) is 13.5. The molecule has 4 N–H and O–H groups in total. The molecule has 6 heteroatoms. The first-order valence-corrected chi connectivity index (χ1v) is 13.5. The standard InChI is InChI=1S/C26H52N2O4/c1-3-5-7-9-11-13-14-16-18-20-22-28-26(32)24(30)23(29)25(31)27-21-19-17-15-12-10-8-6-4-2/h23-24,29-30H,3-22H2,1-2H3,(H,27,31)(H,28,32). The third-order valence-electron chi connectivity index (χ3n) is 6.00. The molecule has 2 atom stereocenters. The Labute approximate surface area is 197 Å². The van der Waals surface area contributed by atoms with Crippen molar-refractivity contribution in [1.82, 2.24) is 10.6 Å². The van der Waals surface area contributed by atoms with Gasteiger partial charge in [-0.1, -0.05) is 117 Å². The van der Waals surface area contributed by atoms with Crippen LogP contribution in [-0.2, 0) is 9.59 Å². The number of nitrogens with one attached hydrogen (secondary N) is 2. The van der Waals surface area contributed by atoms with Gasteiger partial charge in [-0.3, -0.25) is 9.59 Å². The summed E-state index contributed by atoms with van der Waals surface area (Å²) in [6.07, 6.45) is 18.0. The number of carbonyl (C=O) groups excluding carboxylic acids is 2. The van der Waals surface area contributed by atoms with Crippen molar-refractivity contribution in [3.8, 4) is 0 Å². The van der Waals surface area contributed by atoms with Gasteiger partial charge in [0.05, 0.1) is 0 Å². The third kappa shape index (κ3) is 18.4. The molecule has 0 fully saturated rings.